The third-order valence-electron chi connectivity index (χ3n) is 2.34. The first-order valence-electron chi connectivity index (χ1n) is 5.91. The highest BCUT2D eigenvalue weighted by atomic mass is 16.5. The van der Waals surface area contributed by atoms with Crippen molar-refractivity contribution in [2.45, 2.75) is 26.7 Å². The first-order chi connectivity index (χ1) is 7.74. The predicted octanol–water partition coefficient (Wildman–Crippen LogP) is 2.81. The molecule has 1 rings (SSSR count). The predicted molar refractivity (Wildman–Crippen MR) is 69.8 cm³/mol. The van der Waals surface area contributed by atoms with Gasteiger partial charge in [0.15, 0.2) is 0 Å². The molecule has 90 valence electrons. The van der Waals surface area contributed by atoms with Gasteiger partial charge >= 0.3 is 0 Å². The van der Waals surface area contributed by atoms with Crippen molar-refractivity contribution in [2.75, 3.05) is 30.8 Å². The van der Waals surface area contributed by atoms with Gasteiger partial charge in [-0.05, 0) is 37.5 Å². The summed E-state index contributed by atoms with van der Waals surface area (Å²) in [6.45, 7) is 6.75. The van der Waals surface area contributed by atoms with E-state index in [0.717, 1.165) is 44.0 Å². The van der Waals surface area contributed by atoms with Crippen LogP contribution in [-0.2, 0) is 4.74 Å². The molecule has 1 aromatic rings. The Morgan fingerprint density at radius 3 is 2.88 bits per heavy atom. The van der Waals surface area contributed by atoms with Crippen molar-refractivity contribution < 1.29 is 4.74 Å². The van der Waals surface area contributed by atoms with Crippen molar-refractivity contribution in [2.24, 2.45) is 0 Å². The first-order valence-corrected chi connectivity index (χ1v) is 5.91. The SMILES string of the molecule is CCCOCCCNc1cc(C)ccc1N. The van der Waals surface area contributed by atoms with Crippen molar-refractivity contribution in [1.29, 1.82) is 0 Å². The van der Waals surface area contributed by atoms with Crippen LogP contribution in [0.3, 0.4) is 0 Å². The summed E-state index contributed by atoms with van der Waals surface area (Å²) in [5.41, 5.74) is 8.91. The number of nitrogens with two attached hydrogens (primary N) is 1. The molecule has 0 radical (unpaired) electrons. The summed E-state index contributed by atoms with van der Waals surface area (Å²) in [6, 6.07) is 6.03. The molecule has 0 bridgehead atoms. The molecule has 16 heavy (non-hydrogen) atoms. The zero-order valence-electron chi connectivity index (χ0n) is 10.3. The highest BCUT2D eigenvalue weighted by Crippen LogP contribution is 2.19. The second kappa shape index (κ2) is 7.12. The molecule has 0 saturated heterocycles. The van der Waals surface area contributed by atoms with Gasteiger partial charge in [0, 0.05) is 19.8 Å². The fourth-order valence-corrected chi connectivity index (χ4v) is 1.47. The van der Waals surface area contributed by atoms with Gasteiger partial charge in [-0.15, -0.1) is 0 Å². The largest absolute Gasteiger partial charge is 0.397 e. The van der Waals surface area contributed by atoms with Gasteiger partial charge in [-0.2, -0.15) is 0 Å². The summed E-state index contributed by atoms with van der Waals surface area (Å²) in [5.74, 6) is 0. The number of aryl methyl sites for hydroxylation is 1. The Morgan fingerprint density at radius 2 is 2.12 bits per heavy atom. The van der Waals surface area contributed by atoms with E-state index in [1.807, 2.05) is 12.1 Å². The molecule has 0 atom stereocenters. The van der Waals surface area contributed by atoms with Gasteiger partial charge in [-0.25, -0.2) is 0 Å². The number of rotatable bonds is 7. The van der Waals surface area contributed by atoms with Crippen LogP contribution >= 0.6 is 0 Å². The number of nitrogen functional groups attached to an aromatic ring is 1. The monoisotopic (exact) mass is 222 g/mol. The average Bonchev–Trinajstić information content (AvgIpc) is 2.28. The second-order valence-electron chi connectivity index (χ2n) is 3.98. The maximum absolute atomic E-state index is 5.86. The zero-order chi connectivity index (χ0) is 11.8. The molecule has 3 heteroatoms. The Hall–Kier alpha value is -1.22. The van der Waals surface area contributed by atoms with Gasteiger partial charge in [-0.1, -0.05) is 13.0 Å². The summed E-state index contributed by atoms with van der Waals surface area (Å²) in [7, 11) is 0. The molecule has 1 aromatic carbocycles. The Labute approximate surface area is 98.0 Å². The number of ether oxygens (including phenoxy) is 1. The lowest BCUT2D eigenvalue weighted by molar-refractivity contribution is 0.134. The lowest BCUT2D eigenvalue weighted by Gasteiger charge is -2.10. The normalized spacial score (nSPS) is 10.4. The minimum Gasteiger partial charge on any atom is -0.397 e. The van der Waals surface area contributed by atoms with Gasteiger partial charge in [-0.3, -0.25) is 0 Å². The van der Waals surface area contributed by atoms with Gasteiger partial charge in [0.1, 0.15) is 0 Å². The van der Waals surface area contributed by atoms with E-state index in [2.05, 4.69) is 25.2 Å². The van der Waals surface area contributed by atoms with Gasteiger partial charge in [0.05, 0.1) is 11.4 Å². The van der Waals surface area contributed by atoms with E-state index in [0.29, 0.717) is 0 Å². The molecule has 3 nitrogen and oxygen atoms in total. The number of nitrogens with one attached hydrogen (secondary N) is 1. The van der Waals surface area contributed by atoms with Crippen LogP contribution in [-0.4, -0.2) is 19.8 Å². The smallest absolute Gasteiger partial charge is 0.0576 e. The van der Waals surface area contributed by atoms with Gasteiger partial charge in [0.25, 0.3) is 0 Å². The number of benzene rings is 1. The van der Waals surface area contributed by atoms with Crippen LogP contribution in [0.4, 0.5) is 11.4 Å². The Morgan fingerprint density at radius 1 is 1.31 bits per heavy atom. The highest BCUT2D eigenvalue weighted by molar-refractivity contribution is 5.66. The van der Waals surface area contributed by atoms with Crippen LogP contribution in [0.5, 0.6) is 0 Å². The van der Waals surface area contributed by atoms with Crippen molar-refractivity contribution in [3.63, 3.8) is 0 Å². The summed E-state index contributed by atoms with van der Waals surface area (Å²) in [6.07, 6.45) is 2.09. The molecule has 0 aliphatic rings. The van der Waals surface area contributed by atoms with E-state index >= 15 is 0 Å². The van der Waals surface area contributed by atoms with Crippen molar-refractivity contribution >= 4 is 11.4 Å². The maximum atomic E-state index is 5.86. The number of hydrogen-bond acceptors (Lipinski definition) is 3. The molecular formula is C13H22N2O. The molecule has 0 aliphatic carbocycles. The fraction of sp³-hybridized carbons (Fsp3) is 0.538. The van der Waals surface area contributed by atoms with Crippen LogP contribution < -0.4 is 11.1 Å². The van der Waals surface area contributed by atoms with Crippen LogP contribution in [0.1, 0.15) is 25.3 Å². The molecular weight excluding hydrogens is 200 g/mol. The van der Waals surface area contributed by atoms with Crippen LogP contribution in [0.2, 0.25) is 0 Å². The zero-order valence-corrected chi connectivity index (χ0v) is 10.3. The number of hydrogen-bond donors (Lipinski definition) is 2. The fourth-order valence-electron chi connectivity index (χ4n) is 1.47. The van der Waals surface area contributed by atoms with E-state index < -0.39 is 0 Å². The third-order valence-corrected chi connectivity index (χ3v) is 2.34. The molecule has 0 spiro atoms. The molecule has 0 aromatic heterocycles. The highest BCUT2D eigenvalue weighted by Gasteiger charge is 1.97. The second-order valence-corrected chi connectivity index (χ2v) is 3.98. The van der Waals surface area contributed by atoms with Crippen molar-refractivity contribution in [1.82, 2.24) is 0 Å². The minimum atomic E-state index is 0.806. The average molecular weight is 222 g/mol. The molecule has 0 unspecified atom stereocenters. The topological polar surface area (TPSA) is 47.3 Å². The standard InChI is InChI=1S/C13H22N2O/c1-3-8-16-9-4-7-15-13-10-11(2)5-6-12(13)14/h5-6,10,15H,3-4,7-9,14H2,1-2H3. The molecule has 3 N–H and O–H groups in total. The molecule has 0 aliphatic heterocycles. The summed E-state index contributed by atoms with van der Waals surface area (Å²) in [4.78, 5) is 0. The van der Waals surface area contributed by atoms with Gasteiger partial charge in [0.2, 0.25) is 0 Å². The Balaban J connectivity index is 2.23. The quantitative estimate of drug-likeness (QED) is 0.551. The Kier molecular flexibility index (Phi) is 5.72. The lowest BCUT2D eigenvalue weighted by Crippen LogP contribution is -2.07. The third kappa shape index (κ3) is 4.53. The summed E-state index contributed by atoms with van der Waals surface area (Å²) in [5, 5.41) is 3.33. The summed E-state index contributed by atoms with van der Waals surface area (Å²) < 4.78 is 5.40. The molecule has 0 amide bonds. The van der Waals surface area contributed by atoms with E-state index in [1.54, 1.807) is 0 Å². The van der Waals surface area contributed by atoms with Crippen molar-refractivity contribution in [3.8, 4) is 0 Å². The van der Waals surface area contributed by atoms with Crippen LogP contribution in [0.25, 0.3) is 0 Å². The Bertz CT molecular complexity index is 313. The number of anilines is 2. The molecule has 0 saturated carbocycles. The van der Waals surface area contributed by atoms with E-state index in [4.69, 9.17) is 10.5 Å². The van der Waals surface area contributed by atoms with E-state index in [-0.39, 0.29) is 0 Å². The molecule has 0 heterocycles. The van der Waals surface area contributed by atoms with E-state index in [1.165, 1.54) is 5.56 Å². The summed E-state index contributed by atoms with van der Waals surface area (Å²) >= 11 is 0. The first kappa shape index (κ1) is 12.8. The van der Waals surface area contributed by atoms with Gasteiger partial charge < -0.3 is 15.8 Å². The van der Waals surface area contributed by atoms with Crippen molar-refractivity contribution in [3.05, 3.63) is 23.8 Å². The lowest BCUT2D eigenvalue weighted by atomic mass is 10.2. The minimum absolute atomic E-state index is 0.806. The molecule has 0 fully saturated rings. The van der Waals surface area contributed by atoms with Crippen LogP contribution in [0, 0.1) is 6.92 Å². The van der Waals surface area contributed by atoms with E-state index in [9.17, 15) is 0 Å². The van der Waals surface area contributed by atoms with Crippen LogP contribution in [0.15, 0.2) is 18.2 Å². The maximum Gasteiger partial charge on any atom is 0.0576 e.